The molecule has 0 aromatic carbocycles. The molecule has 48 heavy (non-hydrogen) atoms. The van der Waals surface area contributed by atoms with Gasteiger partial charge < -0.3 is 30.3 Å². The van der Waals surface area contributed by atoms with Crippen LogP contribution in [0.25, 0.3) is 0 Å². The van der Waals surface area contributed by atoms with Gasteiger partial charge >= 0.3 is 11.9 Å². The zero-order valence-corrected chi connectivity index (χ0v) is 29.9. The molecule has 4 atom stereocenters. The Labute approximate surface area is 288 Å². The van der Waals surface area contributed by atoms with Crippen molar-refractivity contribution in [2.45, 2.75) is 102 Å². The van der Waals surface area contributed by atoms with Gasteiger partial charge in [-0.05, 0) is 41.5 Å². The second-order valence-corrected chi connectivity index (χ2v) is 15.2. The molecule has 0 spiro atoms. The Morgan fingerprint density at radius 2 is 1.04 bits per heavy atom. The molecule has 4 unspecified atom stereocenters. The van der Waals surface area contributed by atoms with Crippen molar-refractivity contribution in [1.82, 2.24) is 30.6 Å². The number of hydrogen-bond acceptors (Lipinski definition) is 13. The maximum absolute atomic E-state index is 13.8. The molecule has 0 saturated carbocycles. The molecule has 2 heterocycles. The van der Waals surface area contributed by atoms with Gasteiger partial charge in [0, 0.05) is 50.6 Å². The summed E-state index contributed by atoms with van der Waals surface area (Å²) in [6.45, 7) is 13.5. The minimum atomic E-state index is -1.24. The van der Waals surface area contributed by atoms with Crippen LogP contribution in [0, 0.1) is 0 Å². The van der Waals surface area contributed by atoms with Crippen LogP contribution in [0.1, 0.15) is 90.1 Å². The molecule has 0 bridgehead atoms. The number of aliphatic carboxylic acids is 2. The van der Waals surface area contributed by atoms with E-state index < -0.39 is 57.5 Å². The molecule has 2 rings (SSSR count). The summed E-state index contributed by atoms with van der Waals surface area (Å²) in [5.41, 5.74) is -0.452. The van der Waals surface area contributed by atoms with Gasteiger partial charge in [-0.3, -0.25) is 24.4 Å². The molecule has 17 heteroatoms. The molecule has 0 saturated heterocycles. The summed E-state index contributed by atoms with van der Waals surface area (Å²) in [6.07, 6.45) is 5.54. The molecule has 2 amide bonds. The Morgan fingerprint density at radius 1 is 0.688 bits per heavy atom. The Morgan fingerprint density at radius 3 is 1.33 bits per heavy atom. The first kappa shape index (κ1) is 40.2. The SMILES string of the molecule is CC(=O)NC(CSC(CC(=O)CC(SCC(NC(C)=O)C(=O)O)c1cncc(OC(C)(C)C)n1)c1cncc(OC(C)(C)C)n1)C(=O)O. The first-order valence-electron chi connectivity index (χ1n) is 15.0. The van der Waals surface area contributed by atoms with Crippen LogP contribution in [0.3, 0.4) is 0 Å². The van der Waals surface area contributed by atoms with Crippen molar-refractivity contribution in [3.05, 3.63) is 36.2 Å². The fourth-order valence-corrected chi connectivity index (χ4v) is 6.50. The summed E-state index contributed by atoms with van der Waals surface area (Å²) in [5.74, 6) is -3.52. The third-order valence-electron chi connectivity index (χ3n) is 5.85. The first-order valence-corrected chi connectivity index (χ1v) is 17.1. The van der Waals surface area contributed by atoms with Crippen LogP contribution < -0.4 is 20.1 Å². The number of carboxylic acid groups (broad SMARTS) is 2. The summed E-state index contributed by atoms with van der Waals surface area (Å²) >= 11 is 2.23. The molecule has 4 N–H and O–H groups in total. The Bertz CT molecular complexity index is 1340. The van der Waals surface area contributed by atoms with E-state index in [2.05, 4.69) is 30.6 Å². The van der Waals surface area contributed by atoms with Crippen LogP contribution in [0.5, 0.6) is 11.8 Å². The monoisotopic (exact) mass is 708 g/mol. The van der Waals surface area contributed by atoms with Crippen LogP contribution in [-0.4, -0.2) is 94.5 Å². The number of carboxylic acids is 2. The van der Waals surface area contributed by atoms with E-state index in [9.17, 15) is 34.2 Å². The second-order valence-electron chi connectivity index (χ2n) is 12.8. The normalized spacial score (nSPS) is 14.2. The van der Waals surface area contributed by atoms with Crippen molar-refractivity contribution in [3.8, 4) is 11.8 Å². The molecule has 2 aromatic heterocycles. The van der Waals surface area contributed by atoms with Gasteiger partial charge in [0.2, 0.25) is 23.6 Å². The molecule has 0 fully saturated rings. The standard InChI is InChI=1S/C31H44N6O9S2/c1-17(38)34-22(28(41)42)15-47-24(20-11-32-13-26(36-20)45-30(3,4)5)9-19(40)10-25(48-16-23(29(43)44)35-18(2)39)21-12-33-14-27(37-21)46-31(6,7)8/h11-14,22-25H,9-10,15-16H2,1-8H3,(H,34,38)(H,35,39)(H,41,42)(H,43,44). The van der Waals surface area contributed by atoms with Gasteiger partial charge in [0.05, 0.1) is 34.3 Å². The van der Waals surface area contributed by atoms with Crippen molar-refractivity contribution in [3.63, 3.8) is 0 Å². The minimum Gasteiger partial charge on any atom is -0.480 e. The highest BCUT2D eigenvalue weighted by molar-refractivity contribution is 7.99. The van der Waals surface area contributed by atoms with Crippen LogP contribution in [-0.2, 0) is 24.0 Å². The topological polar surface area (TPSA) is 220 Å². The van der Waals surface area contributed by atoms with E-state index in [0.29, 0.717) is 11.4 Å². The van der Waals surface area contributed by atoms with Gasteiger partial charge in [0.15, 0.2) is 0 Å². The number of Topliss-reactive ketones (excluding diaryl/α,β-unsaturated/α-hetero) is 1. The van der Waals surface area contributed by atoms with E-state index in [-0.39, 0.29) is 41.9 Å². The fourth-order valence-electron chi connectivity index (χ4n) is 4.02. The van der Waals surface area contributed by atoms with Crippen LogP contribution in [0.4, 0.5) is 0 Å². The Balaban J connectivity index is 2.43. The molecule has 0 radical (unpaired) electrons. The lowest BCUT2D eigenvalue weighted by atomic mass is 10.1. The quantitative estimate of drug-likeness (QED) is 0.174. The number of ether oxygens (including phenoxy) is 2. The molecular weight excluding hydrogens is 665 g/mol. The highest BCUT2D eigenvalue weighted by Gasteiger charge is 2.29. The van der Waals surface area contributed by atoms with Crippen molar-refractivity contribution in [2.24, 2.45) is 0 Å². The summed E-state index contributed by atoms with van der Waals surface area (Å²) in [4.78, 5) is 78.3. The number of thioether (sulfide) groups is 2. The van der Waals surface area contributed by atoms with E-state index >= 15 is 0 Å². The lowest BCUT2D eigenvalue weighted by molar-refractivity contribution is -0.141. The molecule has 0 aliphatic carbocycles. The van der Waals surface area contributed by atoms with Crippen LogP contribution in [0.15, 0.2) is 24.8 Å². The molecule has 0 aliphatic rings. The predicted molar refractivity (Wildman–Crippen MR) is 180 cm³/mol. The van der Waals surface area contributed by atoms with Gasteiger partial charge in [0.1, 0.15) is 29.1 Å². The van der Waals surface area contributed by atoms with Gasteiger partial charge in [0.25, 0.3) is 0 Å². The summed E-state index contributed by atoms with van der Waals surface area (Å²) in [7, 11) is 0. The van der Waals surface area contributed by atoms with Gasteiger partial charge in [-0.25, -0.2) is 19.6 Å². The van der Waals surface area contributed by atoms with E-state index in [0.717, 1.165) is 23.5 Å². The zero-order valence-electron chi connectivity index (χ0n) is 28.3. The molecule has 15 nitrogen and oxygen atoms in total. The number of aromatic nitrogens is 4. The fraction of sp³-hybridized carbons (Fsp3) is 0.581. The first-order chi connectivity index (χ1) is 22.2. The van der Waals surface area contributed by atoms with Gasteiger partial charge in [-0.1, -0.05) is 0 Å². The number of hydrogen-bond donors (Lipinski definition) is 4. The third kappa shape index (κ3) is 15.3. The summed E-state index contributed by atoms with van der Waals surface area (Å²) < 4.78 is 11.7. The molecule has 0 aliphatic heterocycles. The molecule has 2 aromatic rings. The molecule has 264 valence electrons. The Hall–Kier alpha value is -3.99. The molecular formula is C31H44N6O9S2. The van der Waals surface area contributed by atoms with Gasteiger partial charge in [-0.2, -0.15) is 0 Å². The number of ketones is 1. The van der Waals surface area contributed by atoms with E-state index in [1.165, 1.54) is 38.6 Å². The van der Waals surface area contributed by atoms with Gasteiger partial charge in [-0.15, -0.1) is 23.5 Å². The largest absolute Gasteiger partial charge is 0.480 e. The summed E-state index contributed by atoms with van der Waals surface area (Å²) in [5, 5.41) is 22.7. The number of carbonyl (C=O) groups excluding carboxylic acids is 3. The number of carbonyl (C=O) groups is 5. The summed E-state index contributed by atoms with van der Waals surface area (Å²) in [6, 6.07) is -2.45. The van der Waals surface area contributed by atoms with Crippen LogP contribution in [0.2, 0.25) is 0 Å². The highest BCUT2D eigenvalue weighted by Crippen LogP contribution is 2.37. The predicted octanol–water partition coefficient (Wildman–Crippen LogP) is 3.40. The number of nitrogens with zero attached hydrogens (tertiary/aromatic N) is 4. The van der Waals surface area contributed by atoms with E-state index in [1.807, 2.05) is 41.5 Å². The van der Waals surface area contributed by atoms with Crippen LogP contribution >= 0.6 is 23.5 Å². The number of nitrogens with one attached hydrogen (secondary N) is 2. The Kier molecular flexibility index (Phi) is 15.0. The number of rotatable bonds is 18. The van der Waals surface area contributed by atoms with Crippen molar-refractivity contribution in [2.75, 3.05) is 11.5 Å². The maximum atomic E-state index is 13.8. The third-order valence-corrected chi connectivity index (χ3v) is 8.52. The minimum absolute atomic E-state index is 0.0776. The average molecular weight is 709 g/mol. The average Bonchev–Trinajstić information content (AvgIpc) is 2.93. The van der Waals surface area contributed by atoms with E-state index in [4.69, 9.17) is 9.47 Å². The van der Waals surface area contributed by atoms with Crippen molar-refractivity contribution in [1.29, 1.82) is 0 Å². The lowest BCUT2D eigenvalue weighted by Gasteiger charge is -2.23. The van der Waals surface area contributed by atoms with Crippen molar-refractivity contribution < 1.29 is 43.7 Å². The van der Waals surface area contributed by atoms with E-state index in [1.54, 1.807) is 0 Å². The second kappa shape index (κ2) is 18.0. The smallest absolute Gasteiger partial charge is 0.327 e. The maximum Gasteiger partial charge on any atom is 0.327 e. The van der Waals surface area contributed by atoms with Crippen molar-refractivity contribution >= 4 is 53.1 Å². The highest BCUT2D eigenvalue weighted by atomic mass is 32.2. The number of amides is 2. The lowest BCUT2D eigenvalue weighted by Crippen LogP contribution is -2.41. The zero-order chi connectivity index (χ0) is 36.2.